The lowest BCUT2D eigenvalue weighted by Crippen LogP contribution is -2.62. The van der Waals surface area contributed by atoms with Crippen molar-refractivity contribution in [3.8, 4) is 0 Å². The van der Waals surface area contributed by atoms with Crippen LogP contribution in [0.5, 0.6) is 0 Å². The monoisotopic (exact) mass is 219 g/mol. The highest BCUT2D eigenvalue weighted by Gasteiger charge is 2.73. The summed E-state index contributed by atoms with van der Waals surface area (Å²) in [6.07, 6.45) is 1.06. The smallest absolute Gasteiger partial charge is 0.330 e. The Morgan fingerprint density at radius 1 is 0.933 bits per heavy atom. The van der Waals surface area contributed by atoms with E-state index in [1.807, 2.05) is 0 Å². The van der Waals surface area contributed by atoms with Crippen molar-refractivity contribution in [3.05, 3.63) is 0 Å². The number of hydrogen-bond acceptors (Lipinski definition) is 1. The average molecular weight is 219 g/mol. The Bertz CT molecular complexity index is 287. The van der Waals surface area contributed by atoms with Gasteiger partial charge in [-0.3, -0.25) is 0 Å². The zero-order valence-corrected chi connectivity index (χ0v) is 8.66. The first-order valence-electron chi connectivity index (χ1n) is 5.61. The summed E-state index contributed by atoms with van der Waals surface area (Å²) in [5, 5.41) is 0. The largest absolute Gasteiger partial charge is 0.395 e. The lowest BCUT2D eigenvalue weighted by atomic mass is 9.41. The van der Waals surface area contributed by atoms with Gasteiger partial charge in [-0.05, 0) is 49.4 Å². The predicted molar refractivity (Wildman–Crippen MR) is 50.1 cm³/mol. The van der Waals surface area contributed by atoms with Gasteiger partial charge in [0, 0.05) is 6.54 Å². The molecule has 2 spiro atoms. The standard InChI is InChI=1S/C11H16F3N/c12-11(13,14)10(7-15)5-9(6-10)3-8(4-9)1-2-8/h1-7,15H2. The molecule has 0 radical (unpaired) electrons. The summed E-state index contributed by atoms with van der Waals surface area (Å²) in [7, 11) is 0. The molecule has 3 fully saturated rings. The van der Waals surface area contributed by atoms with Crippen LogP contribution in [0.4, 0.5) is 13.2 Å². The number of rotatable bonds is 1. The molecule has 3 aliphatic rings. The van der Waals surface area contributed by atoms with Crippen molar-refractivity contribution in [2.45, 2.75) is 44.7 Å². The molecule has 0 atom stereocenters. The Balaban J connectivity index is 1.68. The van der Waals surface area contributed by atoms with Crippen LogP contribution in [0.25, 0.3) is 0 Å². The summed E-state index contributed by atoms with van der Waals surface area (Å²) in [6, 6.07) is 0. The number of halogens is 3. The van der Waals surface area contributed by atoms with Gasteiger partial charge >= 0.3 is 6.18 Å². The molecule has 86 valence electrons. The minimum atomic E-state index is -4.10. The lowest BCUT2D eigenvalue weighted by Gasteiger charge is -2.64. The van der Waals surface area contributed by atoms with Crippen LogP contribution in [0, 0.1) is 16.2 Å². The zero-order chi connectivity index (χ0) is 10.9. The van der Waals surface area contributed by atoms with Gasteiger partial charge in [0.1, 0.15) is 0 Å². The van der Waals surface area contributed by atoms with Gasteiger partial charge in [-0.1, -0.05) is 0 Å². The molecule has 3 saturated carbocycles. The van der Waals surface area contributed by atoms with Crippen molar-refractivity contribution >= 4 is 0 Å². The lowest BCUT2D eigenvalue weighted by molar-refractivity contribution is -0.298. The van der Waals surface area contributed by atoms with Crippen molar-refractivity contribution < 1.29 is 13.2 Å². The van der Waals surface area contributed by atoms with Crippen molar-refractivity contribution in [1.82, 2.24) is 0 Å². The van der Waals surface area contributed by atoms with E-state index >= 15 is 0 Å². The van der Waals surface area contributed by atoms with E-state index in [1.165, 1.54) is 12.8 Å². The second-order valence-electron chi connectivity index (χ2n) is 6.19. The van der Waals surface area contributed by atoms with Gasteiger partial charge in [0.05, 0.1) is 5.41 Å². The van der Waals surface area contributed by atoms with Crippen LogP contribution in [-0.4, -0.2) is 12.7 Å². The van der Waals surface area contributed by atoms with Crippen LogP contribution in [0.15, 0.2) is 0 Å². The Labute approximate surface area is 87.2 Å². The van der Waals surface area contributed by atoms with Crippen molar-refractivity contribution in [2.24, 2.45) is 22.0 Å². The maximum atomic E-state index is 12.8. The van der Waals surface area contributed by atoms with Crippen molar-refractivity contribution in [1.29, 1.82) is 0 Å². The molecule has 0 amide bonds. The highest BCUT2D eigenvalue weighted by molar-refractivity contribution is 5.19. The Hall–Kier alpha value is -0.250. The van der Waals surface area contributed by atoms with E-state index in [-0.39, 0.29) is 12.0 Å². The van der Waals surface area contributed by atoms with Gasteiger partial charge in [0.2, 0.25) is 0 Å². The van der Waals surface area contributed by atoms with Gasteiger partial charge in [-0.25, -0.2) is 0 Å². The first-order valence-corrected chi connectivity index (χ1v) is 5.61. The predicted octanol–water partition coefficient (Wildman–Crippen LogP) is 2.85. The summed E-state index contributed by atoms with van der Waals surface area (Å²) in [5.74, 6) is 0. The molecule has 0 unspecified atom stereocenters. The topological polar surface area (TPSA) is 26.0 Å². The minimum Gasteiger partial charge on any atom is -0.330 e. The summed E-state index contributed by atoms with van der Waals surface area (Å²) < 4.78 is 38.4. The molecular weight excluding hydrogens is 203 g/mol. The molecule has 0 aromatic heterocycles. The molecule has 4 heteroatoms. The molecule has 0 saturated heterocycles. The van der Waals surface area contributed by atoms with Crippen LogP contribution >= 0.6 is 0 Å². The minimum absolute atomic E-state index is 0.0331. The zero-order valence-electron chi connectivity index (χ0n) is 8.66. The Morgan fingerprint density at radius 2 is 1.47 bits per heavy atom. The molecule has 0 aromatic carbocycles. The maximum absolute atomic E-state index is 12.8. The molecule has 2 N–H and O–H groups in total. The summed E-state index contributed by atoms with van der Waals surface area (Å²) in [4.78, 5) is 0. The molecule has 0 heterocycles. The van der Waals surface area contributed by atoms with E-state index in [2.05, 4.69) is 0 Å². The number of alkyl halides is 3. The third kappa shape index (κ3) is 1.14. The van der Waals surface area contributed by atoms with E-state index in [0.717, 1.165) is 12.8 Å². The molecule has 0 aromatic rings. The van der Waals surface area contributed by atoms with Gasteiger partial charge in [0.15, 0.2) is 0 Å². The molecule has 0 bridgehead atoms. The molecule has 3 aliphatic carbocycles. The molecular formula is C11H16F3N. The van der Waals surface area contributed by atoms with Gasteiger partial charge in [-0.15, -0.1) is 0 Å². The fourth-order valence-corrected chi connectivity index (χ4v) is 4.16. The normalized spacial score (nSPS) is 33.6. The van der Waals surface area contributed by atoms with Crippen LogP contribution in [0.2, 0.25) is 0 Å². The fraction of sp³-hybridized carbons (Fsp3) is 1.00. The summed E-state index contributed by atoms with van der Waals surface area (Å²) >= 11 is 0. The van der Waals surface area contributed by atoms with Crippen molar-refractivity contribution in [3.63, 3.8) is 0 Å². The van der Waals surface area contributed by atoms with E-state index < -0.39 is 11.6 Å². The first kappa shape index (κ1) is 9.94. The van der Waals surface area contributed by atoms with Gasteiger partial charge in [0.25, 0.3) is 0 Å². The Morgan fingerprint density at radius 3 is 1.80 bits per heavy atom. The molecule has 0 aliphatic heterocycles. The number of hydrogen-bond donors (Lipinski definition) is 1. The third-order valence-electron chi connectivity index (χ3n) is 4.88. The third-order valence-corrected chi connectivity index (χ3v) is 4.88. The molecule has 1 nitrogen and oxygen atoms in total. The highest BCUT2D eigenvalue weighted by atomic mass is 19.4. The molecule has 3 rings (SSSR count). The maximum Gasteiger partial charge on any atom is 0.395 e. The van der Waals surface area contributed by atoms with E-state index in [4.69, 9.17) is 5.73 Å². The van der Waals surface area contributed by atoms with Crippen LogP contribution in [0.3, 0.4) is 0 Å². The SMILES string of the molecule is NCC1(C(F)(F)F)CC2(CC3(CC3)C2)C1. The van der Waals surface area contributed by atoms with Crippen molar-refractivity contribution in [2.75, 3.05) is 6.54 Å². The van der Waals surface area contributed by atoms with Crippen LogP contribution in [-0.2, 0) is 0 Å². The summed E-state index contributed by atoms with van der Waals surface area (Å²) in [5.41, 5.74) is 4.31. The van der Waals surface area contributed by atoms with E-state index in [0.29, 0.717) is 18.3 Å². The van der Waals surface area contributed by atoms with E-state index in [1.54, 1.807) is 0 Å². The van der Waals surface area contributed by atoms with Gasteiger partial charge < -0.3 is 5.73 Å². The van der Waals surface area contributed by atoms with E-state index in [9.17, 15) is 13.2 Å². The second-order valence-corrected chi connectivity index (χ2v) is 6.19. The summed E-state index contributed by atoms with van der Waals surface area (Å²) in [6.45, 7) is -0.231. The highest BCUT2D eigenvalue weighted by Crippen LogP contribution is 2.79. The second kappa shape index (κ2) is 2.36. The van der Waals surface area contributed by atoms with Crippen LogP contribution < -0.4 is 5.73 Å². The average Bonchev–Trinajstić information content (AvgIpc) is 2.72. The fourth-order valence-electron chi connectivity index (χ4n) is 4.16. The van der Waals surface area contributed by atoms with Crippen LogP contribution in [0.1, 0.15) is 38.5 Å². The number of nitrogens with two attached hydrogens (primary N) is 1. The first-order chi connectivity index (χ1) is 6.85. The van der Waals surface area contributed by atoms with Gasteiger partial charge in [-0.2, -0.15) is 13.2 Å². The quantitative estimate of drug-likeness (QED) is 0.721. The molecule has 15 heavy (non-hydrogen) atoms. The Kier molecular flexibility index (Phi) is 1.57.